The molecule has 0 saturated heterocycles. The van der Waals surface area contributed by atoms with Crippen molar-refractivity contribution in [1.82, 2.24) is 0 Å². The minimum atomic E-state index is 0.966. The molecule has 1 fully saturated rings. The molecule has 14 heavy (non-hydrogen) atoms. The van der Waals surface area contributed by atoms with Crippen LogP contribution in [0.25, 0.3) is 0 Å². The van der Waals surface area contributed by atoms with E-state index in [9.17, 15) is 0 Å². The molecular formula is C14H30. The molecule has 0 nitrogen and oxygen atoms in total. The predicted octanol–water partition coefficient (Wildman–Crippen LogP) is 5.13. The van der Waals surface area contributed by atoms with Gasteiger partial charge in [-0.3, -0.25) is 0 Å². The van der Waals surface area contributed by atoms with Crippen LogP contribution in [0, 0.1) is 23.7 Å². The Morgan fingerprint density at radius 2 is 1.36 bits per heavy atom. The molecular weight excluding hydrogens is 168 g/mol. The topological polar surface area (TPSA) is 0 Å². The zero-order valence-electron chi connectivity index (χ0n) is 11.1. The highest BCUT2D eigenvalue weighted by Gasteiger charge is 2.29. The molecule has 0 spiro atoms. The van der Waals surface area contributed by atoms with Gasteiger partial charge in [-0.05, 0) is 36.5 Å². The maximum atomic E-state index is 2.45. The van der Waals surface area contributed by atoms with E-state index in [0.717, 1.165) is 23.7 Å². The summed E-state index contributed by atoms with van der Waals surface area (Å²) in [5.74, 6) is 3.95. The molecule has 1 aliphatic carbocycles. The van der Waals surface area contributed by atoms with E-state index in [2.05, 4.69) is 27.7 Å². The Morgan fingerprint density at radius 1 is 0.857 bits per heavy atom. The smallest absolute Gasteiger partial charge is 0.0386 e. The lowest BCUT2D eigenvalue weighted by molar-refractivity contribution is 0.136. The van der Waals surface area contributed by atoms with Crippen LogP contribution in [0.5, 0.6) is 0 Å². The van der Waals surface area contributed by atoms with Crippen molar-refractivity contribution in [3.8, 4) is 0 Å². The first-order valence-corrected chi connectivity index (χ1v) is 6.65. The second-order valence-corrected chi connectivity index (χ2v) is 4.95. The van der Waals surface area contributed by atoms with E-state index in [1.54, 1.807) is 0 Å². The fourth-order valence-electron chi connectivity index (χ4n) is 2.73. The summed E-state index contributed by atoms with van der Waals surface area (Å²) in [5, 5.41) is 0. The van der Waals surface area contributed by atoms with Crippen molar-refractivity contribution in [3.05, 3.63) is 0 Å². The van der Waals surface area contributed by atoms with Crippen LogP contribution in [0.4, 0.5) is 0 Å². The fourth-order valence-corrected chi connectivity index (χ4v) is 2.73. The maximum Gasteiger partial charge on any atom is -0.0386 e. The molecule has 1 aliphatic rings. The van der Waals surface area contributed by atoms with E-state index in [4.69, 9.17) is 0 Å². The van der Waals surface area contributed by atoms with E-state index in [1.807, 2.05) is 13.8 Å². The minimum Gasteiger partial charge on any atom is -0.0683 e. The highest BCUT2D eigenvalue weighted by molar-refractivity contribution is 4.79. The lowest BCUT2D eigenvalue weighted by atomic mass is 9.69. The SMILES string of the molecule is CC.CCCC1CC(C)C(C)CC1C. The van der Waals surface area contributed by atoms with Crippen LogP contribution in [0.1, 0.15) is 67.2 Å². The predicted molar refractivity (Wildman–Crippen MR) is 66.5 cm³/mol. The van der Waals surface area contributed by atoms with E-state index in [-0.39, 0.29) is 0 Å². The third-order valence-corrected chi connectivity index (χ3v) is 3.85. The van der Waals surface area contributed by atoms with Crippen LogP contribution in [0.3, 0.4) is 0 Å². The Labute approximate surface area is 91.5 Å². The van der Waals surface area contributed by atoms with E-state index < -0.39 is 0 Å². The Bertz CT molecular complexity index is 128. The number of rotatable bonds is 2. The van der Waals surface area contributed by atoms with Crippen LogP contribution in [-0.2, 0) is 0 Å². The van der Waals surface area contributed by atoms with Crippen molar-refractivity contribution in [1.29, 1.82) is 0 Å². The fraction of sp³-hybridized carbons (Fsp3) is 1.00. The monoisotopic (exact) mass is 198 g/mol. The van der Waals surface area contributed by atoms with Crippen molar-refractivity contribution in [2.24, 2.45) is 23.7 Å². The van der Waals surface area contributed by atoms with Crippen molar-refractivity contribution >= 4 is 0 Å². The molecule has 0 bridgehead atoms. The van der Waals surface area contributed by atoms with E-state index >= 15 is 0 Å². The summed E-state index contributed by atoms with van der Waals surface area (Å²) in [5.41, 5.74) is 0. The lowest BCUT2D eigenvalue weighted by Crippen LogP contribution is -2.27. The summed E-state index contributed by atoms with van der Waals surface area (Å²) >= 11 is 0. The molecule has 0 heterocycles. The van der Waals surface area contributed by atoms with Gasteiger partial charge in [-0.1, -0.05) is 54.4 Å². The Kier molecular flexibility index (Phi) is 7.31. The van der Waals surface area contributed by atoms with Crippen LogP contribution in [-0.4, -0.2) is 0 Å². The molecule has 0 aromatic carbocycles. The maximum absolute atomic E-state index is 2.45. The van der Waals surface area contributed by atoms with Gasteiger partial charge in [0.15, 0.2) is 0 Å². The summed E-state index contributed by atoms with van der Waals surface area (Å²) in [7, 11) is 0. The second kappa shape index (κ2) is 7.31. The van der Waals surface area contributed by atoms with Gasteiger partial charge in [0, 0.05) is 0 Å². The van der Waals surface area contributed by atoms with Gasteiger partial charge in [0.2, 0.25) is 0 Å². The zero-order valence-corrected chi connectivity index (χ0v) is 11.1. The molecule has 0 aliphatic heterocycles. The van der Waals surface area contributed by atoms with E-state index in [0.29, 0.717) is 0 Å². The highest BCUT2D eigenvalue weighted by Crippen LogP contribution is 2.39. The van der Waals surface area contributed by atoms with Gasteiger partial charge < -0.3 is 0 Å². The molecule has 4 unspecified atom stereocenters. The van der Waals surface area contributed by atoms with Gasteiger partial charge in [0.1, 0.15) is 0 Å². The molecule has 0 aromatic rings. The molecule has 4 atom stereocenters. The largest absolute Gasteiger partial charge is 0.0683 e. The number of hydrogen-bond donors (Lipinski definition) is 0. The standard InChI is InChI=1S/C12H24.C2H6/c1-5-6-12-8-10(3)9(2)7-11(12)4;1-2/h9-12H,5-8H2,1-4H3;1-2H3. The van der Waals surface area contributed by atoms with Crippen LogP contribution < -0.4 is 0 Å². The van der Waals surface area contributed by atoms with Crippen LogP contribution >= 0.6 is 0 Å². The van der Waals surface area contributed by atoms with Crippen LogP contribution in [0.15, 0.2) is 0 Å². The third-order valence-electron chi connectivity index (χ3n) is 3.85. The van der Waals surface area contributed by atoms with Crippen molar-refractivity contribution in [2.75, 3.05) is 0 Å². The molecule has 1 rings (SSSR count). The van der Waals surface area contributed by atoms with Crippen molar-refractivity contribution in [3.63, 3.8) is 0 Å². The summed E-state index contributed by atoms with van der Waals surface area (Å²) in [6.45, 7) is 13.6. The average Bonchev–Trinajstić information content (AvgIpc) is 2.18. The molecule has 86 valence electrons. The van der Waals surface area contributed by atoms with Gasteiger partial charge in [-0.2, -0.15) is 0 Å². The minimum absolute atomic E-state index is 0.966. The van der Waals surface area contributed by atoms with E-state index in [1.165, 1.54) is 25.7 Å². The molecule has 0 heteroatoms. The Balaban J connectivity index is 0.000000791. The molecule has 1 saturated carbocycles. The third kappa shape index (κ3) is 4.02. The molecule has 0 N–H and O–H groups in total. The number of hydrogen-bond acceptors (Lipinski definition) is 0. The normalized spacial score (nSPS) is 37.3. The Morgan fingerprint density at radius 3 is 1.86 bits per heavy atom. The summed E-state index contributed by atoms with van der Waals surface area (Å²) in [6.07, 6.45) is 5.77. The first-order valence-electron chi connectivity index (χ1n) is 6.65. The zero-order chi connectivity index (χ0) is 11.1. The van der Waals surface area contributed by atoms with Gasteiger partial charge in [0.25, 0.3) is 0 Å². The van der Waals surface area contributed by atoms with Gasteiger partial charge in [0.05, 0.1) is 0 Å². The summed E-state index contributed by atoms with van der Waals surface area (Å²) in [4.78, 5) is 0. The van der Waals surface area contributed by atoms with Crippen LogP contribution in [0.2, 0.25) is 0 Å². The second-order valence-electron chi connectivity index (χ2n) is 4.95. The molecule has 0 radical (unpaired) electrons. The first-order chi connectivity index (χ1) is 6.65. The Hall–Kier alpha value is 0. The van der Waals surface area contributed by atoms with Crippen molar-refractivity contribution in [2.45, 2.75) is 67.2 Å². The quantitative estimate of drug-likeness (QED) is 0.577. The molecule has 0 aromatic heterocycles. The molecule has 0 amide bonds. The van der Waals surface area contributed by atoms with Gasteiger partial charge in [-0.15, -0.1) is 0 Å². The van der Waals surface area contributed by atoms with Gasteiger partial charge in [-0.25, -0.2) is 0 Å². The summed E-state index contributed by atoms with van der Waals surface area (Å²) < 4.78 is 0. The first kappa shape index (κ1) is 14.0. The average molecular weight is 198 g/mol. The highest BCUT2D eigenvalue weighted by atomic mass is 14.3. The van der Waals surface area contributed by atoms with Crippen molar-refractivity contribution < 1.29 is 0 Å². The van der Waals surface area contributed by atoms with Gasteiger partial charge >= 0.3 is 0 Å². The summed E-state index contributed by atoms with van der Waals surface area (Å²) in [6, 6.07) is 0. The lowest BCUT2D eigenvalue weighted by Gasteiger charge is -2.37.